The quantitative estimate of drug-likeness (QED) is 0.160. The fourth-order valence-electron chi connectivity index (χ4n) is 8.43. The van der Waals surface area contributed by atoms with Crippen LogP contribution in [0, 0.1) is 0 Å². The summed E-state index contributed by atoms with van der Waals surface area (Å²) in [6.45, 7) is 0. The van der Waals surface area contributed by atoms with E-state index in [0.29, 0.717) is 22.8 Å². The third-order valence-corrected chi connectivity index (χ3v) is 11.5. The lowest BCUT2D eigenvalue weighted by atomic mass is 9.95. The molecule has 0 aliphatic carbocycles. The Hall–Kier alpha value is -8.48. The fraction of sp³-hybridized carbons (Fsp3) is 0. The molecule has 0 aliphatic heterocycles. The molecule has 0 bridgehead atoms. The van der Waals surface area contributed by atoms with Gasteiger partial charge >= 0.3 is 0 Å². The van der Waals surface area contributed by atoms with Crippen LogP contribution in [0.15, 0.2) is 215 Å². The summed E-state index contributed by atoms with van der Waals surface area (Å²) in [5.41, 5.74) is 16.7. The SMILES string of the molecule is c1ccc(-c2nc(-c3ccc(-c4cccc(-c5cccc(-c6cccc(-c7nc(-c8ccccc8)c8oc9ccccc9c8n7)c6)c5)c4)cc3)nc3c2oc2ccccc23)cc1. The molecule has 4 aromatic heterocycles. The van der Waals surface area contributed by atoms with E-state index in [1.165, 1.54) is 0 Å². The third-order valence-electron chi connectivity index (χ3n) is 11.5. The Kier molecular flexibility index (Phi) is 8.38. The molecule has 8 aromatic carbocycles. The van der Waals surface area contributed by atoms with Crippen molar-refractivity contribution >= 4 is 44.1 Å². The third kappa shape index (κ3) is 6.21. The van der Waals surface area contributed by atoms with Crippen molar-refractivity contribution in [1.82, 2.24) is 19.9 Å². The largest absolute Gasteiger partial charge is 0.452 e. The Labute approximate surface area is 356 Å². The van der Waals surface area contributed by atoms with Crippen molar-refractivity contribution in [3.63, 3.8) is 0 Å². The molecule has 12 rings (SSSR count). The van der Waals surface area contributed by atoms with Crippen LogP contribution in [0.25, 0.3) is 123 Å². The Balaban J connectivity index is 0.868. The topological polar surface area (TPSA) is 77.8 Å². The van der Waals surface area contributed by atoms with Crippen LogP contribution in [-0.2, 0) is 0 Å². The number of nitrogens with zero attached hydrogens (tertiary/aromatic N) is 4. The van der Waals surface area contributed by atoms with Crippen LogP contribution in [0.2, 0.25) is 0 Å². The van der Waals surface area contributed by atoms with Gasteiger partial charge in [-0.15, -0.1) is 0 Å². The van der Waals surface area contributed by atoms with Gasteiger partial charge in [-0.1, -0.05) is 164 Å². The second-order valence-electron chi connectivity index (χ2n) is 15.4. The molecule has 0 aliphatic rings. The maximum atomic E-state index is 6.34. The molecule has 0 amide bonds. The van der Waals surface area contributed by atoms with Crippen LogP contribution in [0.5, 0.6) is 0 Å². The maximum Gasteiger partial charge on any atom is 0.180 e. The number of fused-ring (bicyclic) bond motifs is 6. The normalized spacial score (nSPS) is 11.5. The van der Waals surface area contributed by atoms with Crippen molar-refractivity contribution in [1.29, 1.82) is 0 Å². The summed E-state index contributed by atoms with van der Waals surface area (Å²) in [5, 5.41) is 1.94. The summed E-state index contributed by atoms with van der Waals surface area (Å²) >= 11 is 0. The van der Waals surface area contributed by atoms with Crippen molar-refractivity contribution in [2.24, 2.45) is 0 Å². The second-order valence-corrected chi connectivity index (χ2v) is 15.4. The lowest BCUT2D eigenvalue weighted by Crippen LogP contribution is -1.94. The maximum absolute atomic E-state index is 6.34. The van der Waals surface area contributed by atoms with Gasteiger partial charge in [-0.3, -0.25) is 0 Å². The zero-order chi connectivity index (χ0) is 41.0. The van der Waals surface area contributed by atoms with Crippen molar-refractivity contribution in [2.75, 3.05) is 0 Å². The minimum atomic E-state index is 0.651. The number of para-hydroxylation sites is 2. The average molecular weight is 795 g/mol. The summed E-state index contributed by atoms with van der Waals surface area (Å²) in [4.78, 5) is 20.3. The van der Waals surface area contributed by atoms with Crippen LogP contribution >= 0.6 is 0 Å². The summed E-state index contributed by atoms with van der Waals surface area (Å²) in [6.07, 6.45) is 0. The molecule has 290 valence electrons. The number of benzene rings is 8. The van der Waals surface area contributed by atoms with Gasteiger partial charge in [0.25, 0.3) is 0 Å². The van der Waals surface area contributed by atoms with E-state index in [-0.39, 0.29) is 0 Å². The van der Waals surface area contributed by atoms with E-state index in [1.807, 2.05) is 72.8 Å². The summed E-state index contributed by atoms with van der Waals surface area (Å²) in [6, 6.07) is 70.8. The van der Waals surface area contributed by atoms with Gasteiger partial charge in [-0.25, -0.2) is 19.9 Å². The number of aromatic nitrogens is 4. The van der Waals surface area contributed by atoms with Crippen LogP contribution in [-0.4, -0.2) is 19.9 Å². The van der Waals surface area contributed by atoms with Crippen molar-refractivity contribution in [2.45, 2.75) is 0 Å². The predicted molar refractivity (Wildman–Crippen MR) is 250 cm³/mol. The zero-order valence-corrected chi connectivity index (χ0v) is 33.2. The van der Waals surface area contributed by atoms with E-state index in [9.17, 15) is 0 Å². The molecule has 62 heavy (non-hydrogen) atoms. The van der Waals surface area contributed by atoms with Gasteiger partial charge in [0.15, 0.2) is 22.8 Å². The lowest BCUT2D eigenvalue weighted by molar-refractivity contribution is 0.667. The molecule has 0 spiro atoms. The van der Waals surface area contributed by atoms with Gasteiger partial charge < -0.3 is 8.83 Å². The van der Waals surface area contributed by atoms with E-state index >= 15 is 0 Å². The molecular formula is C56H34N4O2. The molecule has 0 fully saturated rings. The van der Waals surface area contributed by atoms with Gasteiger partial charge in [-0.05, 0) is 75.8 Å². The number of rotatable bonds is 7. The molecule has 12 aromatic rings. The average Bonchev–Trinajstić information content (AvgIpc) is 3.93. The Morgan fingerprint density at radius 2 is 0.613 bits per heavy atom. The minimum absolute atomic E-state index is 0.651. The molecule has 4 heterocycles. The highest BCUT2D eigenvalue weighted by Gasteiger charge is 2.20. The predicted octanol–water partition coefficient (Wildman–Crippen LogP) is 14.7. The first-order valence-electron chi connectivity index (χ1n) is 20.6. The Bertz CT molecular complexity index is 3630. The monoisotopic (exact) mass is 794 g/mol. The van der Waals surface area contributed by atoms with E-state index in [2.05, 4.69) is 133 Å². The van der Waals surface area contributed by atoms with Gasteiger partial charge in [0, 0.05) is 33.0 Å². The van der Waals surface area contributed by atoms with Crippen molar-refractivity contribution in [3.05, 3.63) is 206 Å². The Morgan fingerprint density at radius 3 is 1.10 bits per heavy atom. The molecule has 0 radical (unpaired) electrons. The molecule has 0 saturated carbocycles. The first-order chi connectivity index (χ1) is 30.7. The summed E-state index contributed by atoms with van der Waals surface area (Å²) < 4.78 is 12.7. The van der Waals surface area contributed by atoms with Gasteiger partial charge in [0.2, 0.25) is 0 Å². The van der Waals surface area contributed by atoms with Crippen LogP contribution in [0.4, 0.5) is 0 Å². The molecule has 6 nitrogen and oxygen atoms in total. The van der Waals surface area contributed by atoms with Crippen molar-refractivity contribution < 1.29 is 8.83 Å². The van der Waals surface area contributed by atoms with Gasteiger partial charge in [0.05, 0.1) is 0 Å². The molecule has 0 N–H and O–H groups in total. The van der Waals surface area contributed by atoms with Crippen molar-refractivity contribution in [3.8, 4) is 78.7 Å². The molecular weight excluding hydrogens is 761 g/mol. The fourth-order valence-corrected chi connectivity index (χ4v) is 8.43. The minimum Gasteiger partial charge on any atom is -0.452 e. The van der Waals surface area contributed by atoms with E-state index < -0.39 is 0 Å². The zero-order valence-electron chi connectivity index (χ0n) is 33.2. The lowest BCUT2D eigenvalue weighted by Gasteiger charge is -2.11. The smallest absolute Gasteiger partial charge is 0.180 e. The number of hydrogen-bond donors (Lipinski definition) is 0. The first kappa shape index (κ1) is 35.5. The van der Waals surface area contributed by atoms with E-state index in [1.54, 1.807) is 0 Å². The summed E-state index contributed by atoms with van der Waals surface area (Å²) in [5.74, 6) is 1.31. The highest BCUT2D eigenvalue weighted by atomic mass is 16.3. The number of hydrogen-bond acceptors (Lipinski definition) is 6. The van der Waals surface area contributed by atoms with Gasteiger partial charge in [-0.2, -0.15) is 0 Å². The standard InChI is InChI=1S/C56H34N4O2/c1-3-14-36(15-4-1)49-53-51(45-24-7-9-26-47(45)61-53)59-55(57-49)38-30-28-35(29-31-38)39-18-11-19-40(32-39)41-20-12-21-42(33-41)43-22-13-23-44(34-43)56-58-50(37-16-5-2-6-17-37)54-52(60-56)46-25-8-10-27-48(46)62-54/h1-34H. The van der Waals surface area contributed by atoms with Gasteiger partial charge in [0.1, 0.15) is 33.6 Å². The van der Waals surface area contributed by atoms with E-state index in [0.717, 1.165) is 100.0 Å². The molecule has 0 unspecified atom stereocenters. The highest BCUT2D eigenvalue weighted by Crippen LogP contribution is 2.38. The second kappa shape index (κ2) is 14.7. The van der Waals surface area contributed by atoms with Crippen LogP contribution in [0.3, 0.4) is 0 Å². The summed E-state index contributed by atoms with van der Waals surface area (Å²) in [7, 11) is 0. The highest BCUT2D eigenvalue weighted by molar-refractivity contribution is 6.08. The molecule has 0 saturated heterocycles. The van der Waals surface area contributed by atoms with Crippen LogP contribution in [0.1, 0.15) is 0 Å². The van der Waals surface area contributed by atoms with E-state index in [4.69, 9.17) is 28.8 Å². The number of furan rings is 2. The Morgan fingerprint density at radius 1 is 0.258 bits per heavy atom. The van der Waals surface area contributed by atoms with Crippen LogP contribution < -0.4 is 0 Å². The first-order valence-corrected chi connectivity index (χ1v) is 20.6. The molecule has 0 atom stereocenters. The molecule has 6 heteroatoms.